The fraction of sp³-hybridized carbons (Fsp3) is 0.769. The van der Waals surface area contributed by atoms with E-state index in [2.05, 4.69) is 45.1 Å². The van der Waals surface area contributed by atoms with Crippen LogP contribution in [0.4, 0.5) is 0 Å². The van der Waals surface area contributed by atoms with E-state index in [1.165, 1.54) is 16.7 Å². The smallest absolute Gasteiger partial charge is 0.138 e. The second-order valence-electron chi connectivity index (χ2n) is 12.1. The maximum Gasteiger partial charge on any atom is 0.138 e. The first-order valence-corrected chi connectivity index (χ1v) is 11.9. The molecule has 2 N–H and O–H groups in total. The van der Waals surface area contributed by atoms with Crippen molar-refractivity contribution < 1.29 is 14.6 Å². The third-order valence-corrected chi connectivity index (χ3v) is 10.6. The molecule has 4 nitrogen and oxygen atoms in total. The van der Waals surface area contributed by atoms with E-state index in [0.29, 0.717) is 6.04 Å². The van der Waals surface area contributed by atoms with E-state index in [9.17, 15) is 5.11 Å². The van der Waals surface area contributed by atoms with Gasteiger partial charge in [0, 0.05) is 35.5 Å². The molecule has 3 unspecified atom stereocenters. The Morgan fingerprint density at radius 3 is 2.63 bits per heavy atom. The summed E-state index contributed by atoms with van der Waals surface area (Å²) in [5.74, 6) is 1.17. The molecule has 3 saturated carbocycles. The van der Waals surface area contributed by atoms with Gasteiger partial charge in [-0.25, -0.2) is 0 Å². The minimum atomic E-state index is -0.847. The van der Waals surface area contributed by atoms with Crippen LogP contribution < -0.4 is 10.1 Å². The van der Waals surface area contributed by atoms with Crippen molar-refractivity contribution >= 4 is 0 Å². The third-order valence-electron chi connectivity index (χ3n) is 10.6. The lowest BCUT2D eigenvalue weighted by atomic mass is 9.33. The van der Waals surface area contributed by atoms with E-state index in [4.69, 9.17) is 9.47 Å². The van der Waals surface area contributed by atoms with Gasteiger partial charge in [0.1, 0.15) is 17.5 Å². The summed E-state index contributed by atoms with van der Waals surface area (Å²) in [5, 5.41) is 15.9. The van der Waals surface area contributed by atoms with Crippen LogP contribution in [0.5, 0.6) is 5.75 Å². The molecule has 4 aliphatic carbocycles. The van der Waals surface area contributed by atoms with Crippen molar-refractivity contribution in [1.29, 1.82) is 0 Å². The number of aryl methyl sites for hydroxylation is 1. The van der Waals surface area contributed by atoms with Crippen molar-refractivity contribution in [3.63, 3.8) is 0 Å². The molecule has 2 heterocycles. The SMILES string of the molecule is CO[C@]12CC[C@@]3(C[C@@H]1[C@@](C)(O)C(C)(C)C)C1Cc4ccc(C)c5c4C3(CCN1)C2O5. The first kappa shape index (κ1) is 19.6. The molecule has 1 aromatic rings. The van der Waals surface area contributed by atoms with Crippen molar-refractivity contribution in [3.05, 3.63) is 28.8 Å². The van der Waals surface area contributed by atoms with E-state index in [1.54, 1.807) is 0 Å². The van der Waals surface area contributed by atoms with Crippen LogP contribution >= 0.6 is 0 Å². The first-order chi connectivity index (χ1) is 14.1. The summed E-state index contributed by atoms with van der Waals surface area (Å²) < 4.78 is 13.5. The Kier molecular flexibility index (Phi) is 3.55. The standard InChI is InChI=1S/C26H37NO3/c1-15-7-8-16-13-18-24-9-10-26(29-6,17(14-24)23(5,28)22(2,3)4)21-25(24,11-12-27-18)19(16)20(15)30-21/h7-8,17-18,21,27-28H,9-14H2,1-6H3/t17-,18?,21?,23-,24-,25?,26-/m1/s1. The van der Waals surface area contributed by atoms with Gasteiger partial charge in [-0.05, 0) is 69.0 Å². The third kappa shape index (κ3) is 1.81. The van der Waals surface area contributed by atoms with E-state index >= 15 is 0 Å². The lowest BCUT2D eigenvalue weighted by Crippen LogP contribution is -2.83. The van der Waals surface area contributed by atoms with Crippen LogP contribution in [0.25, 0.3) is 0 Å². The molecule has 7 rings (SSSR count). The molecule has 30 heavy (non-hydrogen) atoms. The average Bonchev–Trinajstić information content (AvgIpc) is 3.05. The number of fused-ring (bicyclic) bond motifs is 2. The van der Waals surface area contributed by atoms with E-state index < -0.39 is 11.2 Å². The minimum Gasteiger partial charge on any atom is -0.486 e. The van der Waals surface area contributed by atoms with Crippen molar-refractivity contribution in [2.24, 2.45) is 16.7 Å². The molecule has 4 fully saturated rings. The van der Waals surface area contributed by atoms with Gasteiger partial charge in [-0.1, -0.05) is 32.9 Å². The van der Waals surface area contributed by atoms with Crippen LogP contribution in [-0.2, 0) is 16.6 Å². The van der Waals surface area contributed by atoms with Crippen LogP contribution in [0.2, 0.25) is 0 Å². The zero-order valence-electron chi connectivity index (χ0n) is 19.4. The summed E-state index contributed by atoms with van der Waals surface area (Å²) in [5.41, 5.74) is 2.81. The molecule has 0 amide bonds. The topological polar surface area (TPSA) is 50.7 Å². The first-order valence-electron chi connectivity index (χ1n) is 11.9. The van der Waals surface area contributed by atoms with E-state index in [-0.39, 0.29) is 28.3 Å². The highest BCUT2D eigenvalue weighted by molar-refractivity contribution is 5.61. The van der Waals surface area contributed by atoms with Crippen molar-refractivity contribution in [3.8, 4) is 5.75 Å². The maximum atomic E-state index is 12.0. The van der Waals surface area contributed by atoms with Crippen LogP contribution in [0.15, 0.2) is 12.1 Å². The number of rotatable bonds is 2. The lowest BCUT2D eigenvalue weighted by molar-refractivity contribution is -0.303. The van der Waals surface area contributed by atoms with Crippen molar-refractivity contribution in [2.75, 3.05) is 13.7 Å². The summed E-state index contributed by atoms with van der Waals surface area (Å²) in [6.45, 7) is 11.8. The van der Waals surface area contributed by atoms with Crippen LogP contribution in [0, 0.1) is 23.7 Å². The predicted octanol–water partition coefficient (Wildman–Crippen LogP) is 3.89. The zero-order valence-corrected chi connectivity index (χ0v) is 19.4. The molecule has 0 aromatic heterocycles. The van der Waals surface area contributed by atoms with Crippen LogP contribution in [0.3, 0.4) is 0 Å². The van der Waals surface area contributed by atoms with Gasteiger partial charge in [-0.15, -0.1) is 0 Å². The Balaban J connectivity index is 1.65. The number of hydrogen-bond donors (Lipinski definition) is 2. The Morgan fingerprint density at radius 2 is 1.93 bits per heavy atom. The number of ether oxygens (including phenoxy) is 2. The Bertz CT molecular complexity index is 933. The molecule has 4 heteroatoms. The Hall–Kier alpha value is -1.10. The van der Waals surface area contributed by atoms with Crippen LogP contribution in [-0.4, -0.2) is 42.1 Å². The van der Waals surface area contributed by atoms with Gasteiger partial charge in [0.15, 0.2) is 0 Å². The van der Waals surface area contributed by atoms with Crippen molar-refractivity contribution in [1.82, 2.24) is 5.32 Å². The van der Waals surface area contributed by atoms with Crippen LogP contribution in [0.1, 0.15) is 70.1 Å². The lowest BCUT2D eigenvalue weighted by Gasteiger charge is -2.74. The highest BCUT2D eigenvalue weighted by Crippen LogP contribution is 2.76. The second-order valence-corrected chi connectivity index (χ2v) is 12.1. The van der Waals surface area contributed by atoms with Crippen molar-refractivity contribution in [2.45, 2.75) is 95.5 Å². The average molecular weight is 412 g/mol. The molecule has 1 saturated heterocycles. The largest absolute Gasteiger partial charge is 0.486 e. The van der Waals surface area contributed by atoms with E-state index in [0.717, 1.165) is 44.4 Å². The summed E-state index contributed by atoms with van der Waals surface area (Å²) >= 11 is 0. The molecule has 164 valence electrons. The number of benzene rings is 1. The molecule has 1 aromatic carbocycles. The van der Waals surface area contributed by atoms with Gasteiger partial charge in [0.05, 0.1) is 5.60 Å². The zero-order chi connectivity index (χ0) is 21.3. The quantitative estimate of drug-likeness (QED) is 0.775. The number of aliphatic hydroxyl groups is 1. The second kappa shape index (κ2) is 5.44. The highest BCUT2D eigenvalue weighted by atomic mass is 16.6. The van der Waals surface area contributed by atoms with Gasteiger partial charge in [-0.2, -0.15) is 0 Å². The summed E-state index contributed by atoms with van der Waals surface area (Å²) in [6.07, 6.45) is 5.29. The van der Waals surface area contributed by atoms with Gasteiger partial charge >= 0.3 is 0 Å². The predicted molar refractivity (Wildman–Crippen MR) is 117 cm³/mol. The molecular weight excluding hydrogens is 374 g/mol. The Labute approximate surface area is 180 Å². The summed E-state index contributed by atoms with van der Waals surface area (Å²) in [6, 6.07) is 5.03. The molecular formula is C26H37NO3. The monoisotopic (exact) mass is 411 g/mol. The van der Waals surface area contributed by atoms with Gasteiger partial charge in [0.25, 0.3) is 0 Å². The highest BCUT2D eigenvalue weighted by Gasteiger charge is 2.81. The van der Waals surface area contributed by atoms with Gasteiger partial charge in [-0.3, -0.25) is 0 Å². The number of methoxy groups -OCH3 is 1. The fourth-order valence-electron chi connectivity index (χ4n) is 8.67. The molecule has 6 aliphatic rings. The van der Waals surface area contributed by atoms with Gasteiger partial charge < -0.3 is 19.9 Å². The minimum absolute atomic E-state index is 0.0105. The molecule has 0 radical (unpaired) electrons. The molecule has 4 bridgehead atoms. The number of piperidine rings is 1. The summed E-state index contributed by atoms with van der Waals surface area (Å²) in [7, 11) is 1.86. The van der Waals surface area contributed by atoms with E-state index in [1.807, 2.05) is 14.0 Å². The number of nitrogens with one attached hydrogen (secondary N) is 1. The maximum absolute atomic E-state index is 12.0. The van der Waals surface area contributed by atoms with Gasteiger partial charge in [0.2, 0.25) is 0 Å². The summed E-state index contributed by atoms with van der Waals surface area (Å²) in [4.78, 5) is 0. The Morgan fingerprint density at radius 1 is 1.17 bits per heavy atom. The normalized spacial score (nSPS) is 45.0. The molecule has 2 aliphatic heterocycles. The molecule has 2 spiro atoms. The fourth-order valence-corrected chi connectivity index (χ4v) is 8.67. The number of hydrogen-bond acceptors (Lipinski definition) is 4. The molecule has 7 atom stereocenters.